The molecule has 0 fully saturated rings. The van der Waals surface area contributed by atoms with Crippen LogP contribution in [0.1, 0.15) is 18.1 Å². The van der Waals surface area contributed by atoms with E-state index in [0.717, 1.165) is 29.0 Å². The van der Waals surface area contributed by atoms with Crippen molar-refractivity contribution in [2.24, 2.45) is 4.99 Å². The predicted octanol–water partition coefficient (Wildman–Crippen LogP) is 4.80. The second-order valence-corrected chi connectivity index (χ2v) is 5.41. The molecular formula is C18H22FN3. The van der Waals surface area contributed by atoms with E-state index in [1.165, 1.54) is 12.1 Å². The lowest BCUT2D eigenvalue weighted by atomic mass is 10.1. The van der Waals surface area contributed by atoms with Crippen molar-refractivity contribution >= 4 is 23.4 Å². The first-order chi connectivity index (χ1) is 10.5. The Hall–Kier alpha value is -2.36. The van der Waals surface area contributed by atoms with E-state index in [-0.39, 0.29) is 5.82 Å². The van der Waals surface area contributed by atoms with Crippen LogP contribution in [-0.4, -0.2) is 24.8 Å². The Morgan fingerprint density at radius 2 is 2.00 bits per heavy atom. The molecule has 2 rings (SSSR count). The van der Waals surface area contributed by atoms with Gasteiger partial charge in [0.15, 0.2) is 0 Å². The summed E-state index contributed by atoms with van der Waals surface area (Å²) in [5, 5.41) is 3.27. The maximum absolute atomic E-state index is 13.9. The second kappa shape index (κ2) is 7.07. The van der Waals surface area contributed by atoms with Gasteiger partial charge in [0.2, 0.25) is 0 Å². The summed E-state index contributed by atoms with van der Waals surface area (Å²) < 4.78 is 13.9. The number of aryl methyl sites for hydroxylation is 1. The molecule has 0 atom stereocenters. The van der Waals surface area contributed by atoms with Gasteiger partial charge in [-0.1, -0.05) is 12.1 Å². The Morgan fingerprint density at radius 3 is 2.68 bits per heavy atom. The van der Waals surface area contributed by atoms with Gasteiger partial charge in [-0.2, -0.15) is 0 Å². The van der Waals surface area contributed by atoms with Crippen molar-refractivity contribution in [2.45, 2.75) is 20.8 Å². The van der Waals surface area contributed by atoms with Crippen LogP contribution in [0.15, 0.2) is 41.4 Å². The summed E-state index contributed by atoms with van der Waals surface area (Å²) in [6.07, 6.45) is 1.72. The van der Waals surface area contributed by atoms with Gasteiger partial charge in [-0.3, -0.25) is 0 Å². The zero-order chi connectivity index (χ0) is 16.1. The zero-order valence-corrected chi connectivity index (χ0v) is 13.5. The number of nitrogens with one attached hydrogen (secondary N) is 1. The van der Waals surface area contributed by atoms with E-state index in [0.29, 0.717) is 5.69 Å². The first kappa shape index (κ1) is 16.0. The molecule has 0 saturated carbocycles. The van der Waals surface area contributed by atoms with E-state index in [1.54, 1.807) is 6.34 Å². The highest BCUT2D eigenvalue weighted by Crippen LogP contribution is 2.30. The molecule has 0 heterocycles. The fourth-order valence-corrected chi connectivity index (χ4v) is 2.05. The first-order valence-corrected chi connectivity index (χ1v) is 7.38. The van der Waals surface area contributed by atoms with Gasteiger partial charge < -0.3 is 10.2 Å². The van der Waals surface area contributed by atoms with Crippen molar-refractivity contribution in [1.29, 1.82) is 0 Å². The second-order valence-electron chi connectivity index (χ2n) is 5.41. The Kier molecular flexibility index (Phi) is 5.15. The maximum atomic E-state index is 13.9. The topological polar surface area (TPSA) is 27.6 Å². The van der Waals surface area contributed by atoms with E-state index >= 15 is 0 Å². The average Bonchev–Trinajstić information content (AvgIpc) is 2.48. The van der Waals surface area contributed by atoms with E-state index in [9.17, 15) is 4.39 Å². The largest absolute Gasteiger partial charge is 0.366 e. The van der Waals surface area contributed by atoms with Crippen LogP contribution in [0.3, 0.4) is 0 Å². The fourth-order valence-electron chi connectivity index (χ4n) is 2.05. The smallest absolute Gasteiger partial charge is 0.127 e. The van der Waals surface area contributed by atoms with Crippen LogP contribution < -0.4 is 5.32 Å². The Bertz CT molecular complexity index is 680. The molecular weight excluding hydrogens is 277 g/mol. The number of rotatable bonds is 5. The molecule has 116 valence electrons. The van der Waals surface area contributed by atoms with Crippen molar-refractivity contribution in [1.82, 2.24) is 4.90 Å². The van der Waals surface area contributed by atoms with Crippen LogP contribution in [0.5, 0.6) is 0 Å². The lowest BCUT2D eigenvalue weighted by Crippen LogP contribution is -2.14. The van der Waals surface area contributed by atoms with Gasteiger partial charge >= 0.3 is 0 Å². The predicted molar refractivity (Wildman–Crippen MR) is 92.1 cm³/mol. The summed E-state index contributed by atoms with van der Waals surface area (Å²) >= 11 is 0. The molecule has 0 amide bonds. The van der Waals surface area contributed by atoms with Gasteiger partial charge in [0.1, 0.15) is 5.82 Å². The number of benzene rings is 2. The Balaban J connectivity index is 2.32. The van der Waals surface area contributed by atoms with E-state index < -0.39 is 0 Å². The summed E-state index contributed by atoms with van der Waals surface area (Å²) in [6.45, 7) is 6.86. The van der Waals surface area contributed by atoms with Gasteiger partial charge in [-0.15, -0.1) is 0 Å². The average molecular weight is 299 g/mol. The van der Waals surface area contributed by atoms with Gasteiger partial charge in [0, 0.05) is 25.0 Å². The van der Waals surface area contributed by atoms with Crippen LogP contribution in [0.25, 0.3) is 0 Å². The lowest BCUT2D eigenvalue weighted by Gasteiger charge is -2.13. The van der Waals surface area contributed by atoms with Gasteiger partial charge in [-0.05, 0) is 56.2 Å². The quantitative estimate of drug-likeness (QED) is 0.634. The molecule has 22 heavy (non-hydrogen) atoms. The number of hydrogen-bond acceptors (Lipinski definition) is 2. The van der Waals surface area contributed by atoms with Crippen molar-refractivity contribution in [3.8, 4) is 0 Å². The van der Waals surface area contributed by atoms with Crippen LogP contribution >= 0.6 is 0 Å². The molecule has 2 aromatic carbocycles. The van der Waals surface area contributed by atoms with E-state index in [4.69, 9.17) is 0 Å². The number of anilines is 2. The fraction of sp³-hybridized carbons (Fsp3) is 0.278. The molecule has 4 heteroatoms. The highest BCUT2D eigenvalue weighted by Gasteiger charge is 2.07. The monoisotopic (exact) mass is 299 g/mol. The van der Waals surface area contributed by atoms with Crippen molar-refractivity contribution in [3.05, 3.63) is 53.3 Å². The third-order valence-electron chi connectivity index (χ3n) is 3.53. The van der Waals surface area contributed by atoms with Gasteiger partial charge in [0.05, 0.1) is 12.0 Å². The van der Waals surface area contributed by atoms with Crippen LogP contribution in [-0.2, 0) is 0 Å². The number of hydrogen-bond donors (Lipinski definition) is 1. The van der Waals surface area contributed by atoms with E-state index in [2.05, 4.69) is 10.3 Å². The lowest BCUT2D eigenvalue weighted by molar-refractivity contribution is 0.552. The summed E-state index contributed by atoms with van der Waals surface area (Å²) in [5.41, 5.74) is 4.38. The summed E-state index contributed by atoms with van der Waals surface area (Å²) in [7, 11) is 1.93. The molecule has 0 aliphatic rings. The van der Waals surface area contributed by atoms with Gasteiger partial charge in [-0.25, -0.2) is 9.38 Å². The molecule has 0 spiro atoms. The number of aliphatic imine (C=N–C) groups is 1. The third-order valence-corrected chi connectivity index (χ3v) is 3.53. The number of nitrogens with zero attached hydrogens (tertiary/aromatic N) is 2. The molecule has 0 aliphatic carbocycles. The summed E-state index contributed by atoms with van der Waals surface area (Å²) in [4.78, 5) is 6.32. The highest BCUT2D eigenvalue weighted by molar-refractivity contribution is 5.72. The summed E-state index contributed by atoms with van der Waals surface area (Å²) in [6, 6.07) is 10.9. The molecule has 3 nitrogen and oxygen atoms in total. The molecule has 0 radical (unpaired) electrons. The standard InChI is InChI=1S/C18H22FN3/c1-5-22(4)12-20-17-10-15(19)11-18(14(17)3)21-16-8-6-7-13(2)9-16/h6-12,21H,5H2,1-4H3/b20-12+. The Labute approximate surface area is 131 Å². The minimum Gasteiger partial charge on any atom is -0.366 e. The molecule has 0 unspecified atom stereocenters. The van der Waals surface area contributed by atoms with Crippen molar-refractivity contribution in [3.63, 3.8) is 0 Å². The Morgan fingerprint density at radius 1 is 1.23 bits per heavy atom. The minimum atomic E-state index is -0.299. The molecule has 0 aromatic heterocycles. The highest BCUT2D eigenvalue weighted by atomic mass is 19.1. The normalized spacial score (nSPS) is 11.0. The van der Waals surface area contributed by atoms with Gasteiger partial charge in [0.25, 0.3) is 0 Å². The van der Waals surface area contributed by atoms with Crippen molar-refractivity contribution < 1.29 is 4.39 Å². The zero-order valence-electron chi connectivity index (χ0n) is 13.5. The molecule has 0 bridgehead atoms. The molecule has 0 aliphatic heterocycles. The van der Waals surface area contributed by atoms with Crippen LogP contribution in [0.4, 0.5) is 21.5 Å². The minimum absolute atomic E-state index is 0.299. The molecule has 2 aromatic rings. The maximum Gasteiger partial charge on any atom is 0.127 e. The van der Waals surface area contributed by atoms with E-state index in [1.807, 2.05) is 57.0 Å². The van der Waals surface area contributed by atoms with Crippen molar-refractivity contribution in [2.75, 3.05) is 18.9 Å². The first-order valence-electron chi connectivity index (χ1n) is 7.38. The number of halogens is 1. The van der Waals surface area contributed by atoms with Crippen LogP contribution in [0, 0.1) is 19.7 Å². The SMILES string of the molecule is CCN(C)/C=N/c1cc(F)cc(Nc2cccc(C)c2)c1C. The third kappa shape index (κ3) is 4.07. The molecule has 1 N–H and O–H groups in total. The summed E-state index contributed by atoms with van der Waals surface area (Å²) in [5.74, 6) is -0.299. The van der Waals surface area contributed by atoms with Crippen LogP contribution in [0.2, 0.25) is 0 Å². The molecule has 0 saturated heterocycles.